The zero-order chi connectivity index (χ0) is 2.00. The first-order valence-corrected chi connectivity index (χ1v) is 0.500. The minimum absolute atomic E-state index is 0. The Hall–Kier alpha value is 1.77. The molecule has 0 heterocycles. The molecule has 28 valence electrons. The van der Waals surface area contributed by atoms with E-state index in [9.17, 15) is 0 Å². The predicted molar refractivity (Wildman–Crippen MR) is 19.2 cm³/mol. The van der Waals surface area contributed by atoms with E-state index in [0.717, 1.165) is 0 Å². The average Bonchev–Trinajstić information content (AvgIpc) is 1.00. The summed E-state index contributed by atoms with van der Waals surface area (Å²) in [7, 11) is 0. The topological polar surface area (TPSA) is 17.1 Å². The van der Waals surface area contributed by atoms with Crippen molar-refractivity contribution in [3.63, 3.8) is 0 Å². The summed E-state index contributed by atoms with van der Waals surface area (Å²) in [5.41, 5.74) is 0. The van der Waals surface area contributed by atoms with Crippen molar-refractivity contribution in [1.82, 2.24) is 0 Å². The zero-order valence-corrected chi connectivity index (χ0v) is 6.38. The first-order valence-electron chi connectivity index (χ1n) is 0.167. The maximum absolute atomic E-state index is 7.83. The van der Waals surface area contributed by atoms with Gasteiger partial charge >= 0.3 is 0 Å². The van der Waals surface area contributed by atoms with Crippen LogP contribution in [0.15, 0.2) is 0 Å². The molecular weight excluding hydrogens is 236 g/mol. The van der Waals surface area contributed by atoms with E-state index >= 15 is 0 Å². The Bertz CT molecular complexity index is 8.00. The third kappa shape index (κ3) is 9.23. The molecule has 0 aliphatic rings. The molecule has 0 rings (SSSR count). The van der Waals surface area contributed by atoms with Crippen LogP contribution in [-0.2, 0) is 12.5 Å². The molecule has 1 unspecified atom stereocenters. The van der Waals surface area contributed by atoms with Crippen molar-refractivity contribution in [1.29, 1.82) is 0 Å². The van der Waals surface area contributed by atoms with Crippen LogP contribution in [0.2, 0.25) is 0 Å². The van der Waals surface area contributed by atoms with Crippen LogP contribution >= 0.6 is 9.90 Å². The van der Waals surface area contributed by atoms with Gasteiger partial charge in [-0.2, -0.15) is 14.1 Å². The smallest absolute Gasteiger partial charge is 0.197 e. The van der Waals surface area contributed by atoms with E-state index in [1.54, 1.807) is 0 Å². The Kier molecular flexibility index (Phi) is 92.3. The van der Waals surface area contributed by atoms with E-state index in [2.05, 4.69) is 12.5 Å². The molecule has 4 heteroatoms. The normalized spacial score (nSPS) is 1.00. The molecule has 4 heavy (non-hydrogen) atoms. The van der Waals surface area contributed by atoms with Crippen LogP contribution in [-0.4, -0.2) is 4.21 Å². The molecule has 0 bridgehead atoms. The van der Waals surface area contributed by atoms with Crippen LogP contribution in [0.1, 0.15) is 0 Å². The van der Waals surface area contributed by atoms with E-state index in [1.807, 2.05) is 0 Å². The van der Waals surface area contributed by atoms with E-state index in [1.165, 1.54) is 0 Å². The van der Waals surface area contributed by atoms with Gasteiger partial charge < -0.3 is 0 Å². The third-order valence-corrected chi connectivity index (χ3v) is 0. The molecule has 0 aromatic heterocycles. The summed E-state index contributed by atoms with van der Waals surface area (Å²) in [6, 6.07) is 0. The van der Waals surface area contributed by atoms with Gasteiger partial charge in [-0.1, -0.05) is 0 Å². The van der Waals surface area contributed by atoms with Crippen molar-refractivity contribution in [3.8, 4) is 0 Å². The summed E-state index contributed by atoms with van der Waals surface area (Å²) in [4.78, 5) is 0. The van der Waals surface area contributed by atoms with Crippen molar-refractivity contribution in [2.75, 3.05) is 0 Å². The fourth-order valence-electron chi connectivity index (χ4n) is 0. The van der Waals surface area contributed by atoms with E-state index < -0.39 is 0 Å². The molecule has 0 aliphatic heterocycles. The summed E-state index contributed by atoms with van der Waals surface area (Å²) in [6.07, 6.45) is 0. The summed E-state index contributed by atoms with van der Waals surface area (Å²) >= 11 is 2.83. The van der Waals surface area contributed by atoms with Gasteiger partial charge in [-0.25, -0.2) is 0 Å². The predicted octanol–water partition coefficient (Wildman–Crippen LogP) is -0.278. The monoisotopic (exact) mass is 240 g/mol. The summed E-state index contributed by atoms with van der Waals surface area (Å²) in [5.74, 6) is 0. The maximum atomic E-state index is 7.83. The average molecular weight is 239 g/mol. The number of rotatable bonds is 0. The molecule has 1 atom stereocenters. The first-order chi connectivity index (χ1) is 1.00. The first kappa shape index (κ1) is 17.1. The molecule has 0 fully saturated rings. The van der Waals surface area contributed by atoms with Gasteiger partial charge in [0.1, 0.15) is 0 Å². The molecule has 0 saturated heterocycles. The van der Waals surface area contributed by atoms with E-state index in [-0.39, 0.29) is 49.8 Å². The Balaban J connectivity index is -0.00000000500. The van der Waals surface area contributed by atoms with Gasteiger partial charge in [-0.3, -0.25) is 0 Å². The van der Waals surface area contributed by atoms with Crippen LogP contribution in [0.25, 0.3) is 0 Å². The van der Waals surface area contributed by atoms with Crippen LogP contribution in [0.3, 0.4) is 0 Å². The molecule has 0 amide bonds. The minimum atomic E-state index is 0. The van der Waals surface area contributed by atoms with Gasteiger partial charge in [-0.05, 0) is 0 Å². The van der Waals surface area contributed by atoms with Crippen LogP contribution in [0.4, 0.5) is 0 Å². The summed E-state index contributed by atoms with van der Waals surface area (Å²) in [5, 5.41) is 0. The maximum Gasteiger partial charge on any atom is 0.197 e. The SMILES string of the molecule is O=S.P.[Gd]. The molecule has 0 spiro atoms. The summed E-state index contributed by atoms with van der Waals surface area (Å²) in [6.45, 7) is 0. The van der Waals surface area contributed by atoms with Gasteiger partial charge in [0.25, 0.3) is 0 Å². The second-order valence-electron chi connectivity index (χ2n) is 0. The fraction of sp³-hybridized carbons (Fsp3) is 0. The quantitative estimate of drug-likeness (QED) is 0.541. The van der Waals surface area contributed by atoms with Gasteiger partial charge in [0.15, 0.2) is 12.5 Å². The largest absolute Gasteiger partial charge is 0.197 e. The molecule has 0 saturated carbocycles. The van der Waals surface area contributed by atoms with E-state index in [0.29, 0.717) is 0 Å². The molecule has 0 radical (unpaired) electrons. The van der Waals surface area contributed by atoms with Crippen LogP contribution < -0.4 is 0 Å². The van der Waals surface area contributed by atoms with Crippen molar-refractivity contribution in [3.05, 3.63) is 0 Å². The minimum Gasteiger partial charge on any atom is -0.197 e. The van der Waals surface area contributed by atoms with E-state index in [4.69, 9.17) is 4.21 Å². The standard InChI is InChI=1S/Gd.OS.H3P/c;1-2;/h;;1H3. The van der Waals surface area contributed by atoms with Gasteiger partial charge in [-0.15, -0.1) is 0 Å². The third-order valence-electron chi connectivity index (χ3n) is 0. The Labute approximate surface area is 65.7 Å². The van der Waals surface area contributed by atoms with Crippen molar-refractivity contribution in [2.45, 2.75) is 0 Å². The molecule has 0 aromatic rings. The van der Waals surface area contributed by atoms with Crippen molar-refractivity contribution < 1.29 is 44.1 Å². The van der Waals surface area contributed by atoms with Gasteiger partial charge in [0, 0.05) is 39.9 Å². The second-order valence-corrected chi connectivity index (χ2v) is 0. The van der Waals surface area contributed by atoms with Gasteiger partial charge in [0.05, 0.1) is 0 Å². The number of hydrogen-bond acceptors (Lipinski definition) is 2. The Morgan fingerprint density at radius 1 is 1.25 bits per heavy atom. The van der Waals surface area contributed by atoms with Gasteiger partial charge in [0.2, 0.25) is 0 Å². The molecular formula is H3GdOPS. The Morgan fingerprint density at radius 3 is 1.25 bits per heavy atom. The van der Waals surface area contributed by atoms with Crippen molar-refractivity contribution in [2.24, 2.45) is 0 Å². The molecule has 0 aliphatic carbocycles. The van der Waals surface area contributed by atoms with Crippen LogP contribution in [0, 0.1) is 39.9 Å². The second kappa shape index (κ2) is 21.6. The molecule has 0 N–H and O–H groups in total. The molecule has 1 nitrogen and oxygen atoms in total. The fourth-order valence-corrected chi connectivity index (χ4v) is 0. The summed E-state index contributed by atoms with van der Waals surface area (Å²) < 4.78 is 7.83. The van der Waals surface area contributed by atoms with Crippen LogP contribution in [0.5, 0.6) is 0 Å². The number of hydrogen-bond donors (Lipinski definition) is 0. The zero-order valence-electron chi connectivity index (χ0n) is 1.88. The molecule has 0 aromatic carbocycles. The Morgan fingerprint density at radius 2 is 1.25 bits per heavy atom. The van der Waals surface area contributed by atoms with Crippen molar-refractivity contribution >= 4 is 22.4 Å².